The number of carbonyl (C=O) groups is 1. The Morgan fingerprint density at radius 2 is 2.27 bits per heavy atom. The van der Waals surface area contributed by atoms with E-state index in [0.717, 1.165) is 3.57 Å². The number of aromatic carboxylic acids is 1. The molecule has 0 aliphatic carbocycles. The Labute approximate surface area is 109 Å². The highest BCUT2D eigenvalue weighted by atomic mass is 127. The van der Waals surface area contributed by atoms with Crippen molar-refractivity contribution >= 4 is 44.5 Å². The number of carboxylic acid groups (broad SMARTS) is 1. The summed E-state index contributed by atoms with van der Waals surface area (Å²) in [7, 11) is 0. The minimum Gasteiger partial charge on any atom is -0.487 e. The highest BCUT2D eigenvalue weighted by Gasteiger charge is 2.11. The normalized spacial score (nSPS) is 9.73. The SMILES string of the molecule is C=C(Br)COc1ccc(I)cc1C(=O)O. The molecule has 0 aromatic heterocycles. The molecule has 1 aromatic carbocycles. The molecule has 15 heavy (non-hydrogen) atoms. The van der Waals surface area contributed by atoms with E-state index in [4.69, 9.17) is 9.84 Å². The average Bonchev–Trinajstić information content (AvgIpc) is 2.15. The van der Waals surface area contributed by atoms with Crippen LogP contribution in [0.15, 0.2) is 29.3 Å². The zero-order valence-electron chi connectivity index (χ0n) is 7.67. The van der Waals surface area contributed by atoms with Gasteiger partial charge < -0.3 is 9.84 Å². The first-order valence-electron chi connectivity index (χ1n) is 3.99. The van der Waals surface area contributed by atoms with E-state index < -0.39 is 5.97 Å². The van der Waals surface area contributed by atoms with Gasteiger partial charge in [0.05, 0.1) is 0 Å². The molecule has 5 heteroatoms. The molecule has 0 unspecified atom stereocenters. The minimum atomic E-state index is -0.997. The molecule has 0 aliphatic rings. The van der Waals surface area contributed by atoms with Gasteiger partial charge in [0, 0.05) is 8.05 Å². The zero-order chi connectivity index (χ0) is 11.4. The van der Waals surface area contributed by atoms with Gasteiger partial charge in [0.2, 0.25) is 0 Å². The second-order valence-corrected chi connectivity index (χ2v) is 5.12. The fourth-order valence-electron chi connectivity index (χ4n) is 0.951. The maximum absolute atomic E-state index is 10.9. The number of halogens is 2. The summed E-state index contributed by atoms with van der Waals surface area (Å²) < 4.78 is 6.81. The minimum absolute atomic E-state index is 0.163. The lowest BCUT2D eigenvalue weighted by atomic mass is 10.2. The fraction of sp³-hybridized carbons (Fsp3) is 0.100. The van der Waals surface area contributed by atoms with Crippen molar-refractivity contribution in [3.8, 4) is 5.75 Å². The summed E-state index contributed by atoms with van der Waals surface area (Å²) in [6.45, 7) is 3.86. The lowest BCUT2D eigenvalue weighted by Crippen LogP contribution is -2.04. The van der Waals surface area contributed by atoms with Gasteiger partial charge in [0.1, 0.15) is 17.9 Å². The molecule has 1 rings (SSSR count). The third-order valence-electron chi connectivity index (χ3n) is 1.56. The molecule has 80 valence electrons. The van der Waals surface area contributed by atoms with Gasteiger partial charge in [-0.05, 0) is 40.8 Å². The van der Waals surface area contributed by atoms with Crippen molar-refractivity contribution in [3.63, 3.8) is 0 Å². The standard InChI is InChI=1S/C10H8BrIO3/c1-6(11)5-15-9-3-2-7(12)4-8(9)10(13)14/h2-4H,1,5H2,(H,13,14). The van der Waals surface area contributed by atoms with Crippen LogP contribution in [0.5, 0.6) is 5.75 Å². The van der Waals surface area contributed by atoms with E-state index in [-0.39, 0.29) is 12.2 Å². The van der Waals surface area contributed by atoms with Crippen LogP contribution in [0, 0.1) is 3.57 Å². The Morgan fingerprint density at radius 1 is 1.60 bits per heavy atom. The van der Waals surface area contributed by atoms with E-state index in [9.17, 15) is 4.79 Å². The van der Waals surface area contributed by atoms with Crippen molar-refractivity contribution < 1.29 is 14.6 Å². The lowest BCUT2D eigenvalue weighted by Gasteiger charge is -2.08. The van der Waals surface area contributed by atoms with Crippen molar-refractivity contribution in [3.05, 3.63) is 38.4 Å². The maximum atomic E-state index is 10.9. The van der Waals surface area contributed by atoms with Crippen molar-refractivity contribution in [1.82, 2.24) is 0 Å². The second kappa shape index (κ2) is 5.50. The van der Waals surface area contributed by atoms with Gasteiger partial charge in [-0.3, -0.25) is 0 Å². The fourth-order valence-corrected chi connectivity index (χ4v) is 1.56. The van der Waals surface area contributed by atoms with E-state index in [1.165, 1.54) is 0 Å². The Kier molecular flexibility index (Phi) is 4.59. The second-order valence-electron chi connectivity index (χ2n) is 2.75. The van der Waals surface area contributed by atoms with Crippen LogP contribution in [0.25, 0.3) is 0 Å². The number of benzene rings is 1. The van der Waals surface area contributed by atoms with E-state index in [1.807, 2.05) is 0 Å². The summed E-state index contributed by atoms with van der Waals surface area (Å²) in [5.41, 5.74) is 0.163. The molecule has 0 spiro atoms. The number of hydrogen-bond donors (Lipinski definition) is 1. The van der Waals surface area contributed by atoms with Crippen LogP contribution >= 0.6 is 38.5 Å². The Hall–Kier alpha value is -0.560. The van der Waals surface area contributed by atoms with Gasteiger partial charge in [-0.15, -0.1) is 0 Å². The molecule has 0 atom stereocenters. The Morgan fingerprint density at radius 3 is 2.80 bits per heavy atom. The predicted molar refractivity (Wildman–Crippen MR) is 69.7 cm³/mol. The molecule has 0 aliphatic heterocycles. The molecular weight excluding hydrogens is 375 g/mol. The third kappa shape index (κ3) is 3.83. The molecule has 0 heterocycles. The van der Waals surface area contributed by atoms with Crippen LogP contribution in [0.2, 0.25) is 0 Å². The van der Waals surface area contributed by atoms with Crippen LogP contribution in [0.3, 0.4) is 0 Å². The molecule has 3 nitrogen and oxygen atoms in total. The molecule has 0 saturated carbocycles. The summed E-state index contributed by atoms with van der Waals surface area (Å²) in [5.74, 6) is -0.646. The first-order chi connectivity index (χ1) is 7.00. The van der Waals surface area contributed by atoms with E-state index in [2.05, 4.69) is 45.1 Å². The maximum Gasteiger partial charge on any atom is 0.339 e. The largest absolute Gasteiger partial charge is 0.487 e. The first-order valence-corrected chi connectivity index (χ1v) is 5.87. The van der Waals surface area contributed by atoms with Gasteiger partial charge in [-0.1, -0.05) is 22.5 Å². The number of hydrogen-bond acceptors (Lipinski definition) is 2. The quantitative estimate of drug-likeness (QED) is 0.813. The van der Waals surface area contributed by atoms with Crippen LogP contribution < -0.4 is 4.74 Å². The van der Waals surface area contributed by atoms with Crippen LogP contribution in [-0.2, 0) is 0 Å². The average molecular weight is 383 g/mol. The van der Waals surface area contributed by atoms with Crippen LogP contribution in [-0.4, -0.2) is 17.7 Å². The first kappa shape index (κ1) is 12.5. The number of carboxylic acids is 1. The Bertz CT molecular complexity index is 404. The topological polar surface area (TPSA) is 46.5 Å². The molecule has 0 fully saturated rings. The highest BCUT2D eigenvalue weighted by molar-refractivity contribution is 14.1. The Balaban J connectivity index is 2.95. The predicted octanol–water partition coefficient (Wildman–Crippen LogP) is 3.28. The van der Waals surface area contributed by atoms with Gasteiger partial charge in [-0.2, -0.15) is 0 Å². The summed E-state index contributed by atoms with van der Waals surface area (Å²) in [4.78, 5) is 10.9. The number of ether oxygens (including phenoxy) is 1. The molecular formula is C10H8BrIO3. The summed E-state index contributed by atoms with van der Waals surface area (Å²) in [5, 5.41) is 8.94. The van der Waals surface area contributed by atoms with E-state index >= 15 is 0 Å². The lowest BCUT2D eigenvalue weighted by molar-refractivity contribution is 0.0692. The highest BCUT2D eigenvalue weighted by Crippen LogP contribution is 2.22. The van der Waals surface area contributed by atoms with Gasteiger partial charge >= 0.3 is 5.97 Å². The number of rotatable bonds is 4. The molecule has 0 saturated heterocycles. The van der Waals surface area contributed by atoms with Crippen molar-refractivity contribution in [2.75, 3.05) is 6.61 Å². The molecule has 1 aromatic rings. The molecule has 0 bridgehead atoms. The van der Waals surface area contributed by atoms with Gasteiger partial charge in [0.25, 0.3) is 0 Å². The van der Waals surface area contributed by atoms with Gasteiger partial charge in [0.15, 0.2) is 0 Å². The molecule has 0 amide bonds. The molecule has 1 N–H and O–H groups in total. The summed E-state index contributed by atoms with van der Waals surface area (Å²) in [6, 6.07) is 5.00. The van der Waals surface area contributed by atoms with Crippen LogP contribution in [0.4, 0.5) is 0 Å². The van der Waals surface area contributed by atoms with E-state index in [1.54, 1.807) is 18.2 Å². The summed E-state index contributed by atoms with van der Waals surface area (Å²) >= 11 is 5.19. The summed E-state index contributed by atoms with van der Waals surface area (Å²) in [6.07, 6.45) is 0. The molecule has 0 radical (unpaired) electrons. The van der Waals surface area contributed by atoms with Crippen molar-refractivity contribution in [2.24, 2.45) is 0 Å². The smallest absolute Gasteiger partial charge is 0.339 e. The van der Waals surface area contributed by atoms with Crippen molar-refractivity contribution in [2.45, 2.75) is 0 Å². The van der Waals surface area contributed by atoms with E-state index in [0.29, 0.717) is 10.2 Å². The van der Waals surface area contributed by atoms with Crippen LogP contribution in [0.1, 0.15) is 10.4 Å². The zero-order valence-corrected chi connectivity index (χ0v) is 11.4. The monoisotopic (exact) mass is 382 g/mol. The van der Waals surface area contributed by atoms with Gasteiger partial charge in [-0.25, -0.2) is 4.79 Å². The third-order valence-corrected chi connectivity index (χ3v) is 2.46. The van der Waals surface area contributed by atoms with Crippen molar-refractivity contribution in [1.29, 1.82) is 0 Å².